The number of aromatic nitrogens is 1. The molecule has 0 unspecified atom stereocenters. The van der Waals surface area contributed by atoms with E-state index in [0.717, 1.165) is 47.7 Å². The Morgan fingerprint density at radius 1 is 0.872 bits per heavy atom. The molecule has 242 valence electrons. The van der Waals surface area contributed by atoms with Gasteiger partial charge < -0.3 is 25.0 Å². The van der Waals surface area contributed by atoms with Crippen molar-refractivity contribution < 1.29 is 24.2 Å². The van der Waals surface area contributed by atoms with Crippen molar-refractivity contribution in [3.05, 3.63) is 89.5 Å². The molecule has 2 heterocycles. The molecule has 2 amide bonds. The van der Waals surface area contributed by atoms with Gasteiger partial charge in [-0.05, 0) is 85.2 Å². The number of para-hydroxylation sites is 1. The van der Waals surface area contributed by atoms with Crippen LogP contribution in [0.1, 0.15) is 85.2 Å². The number of hydrogen-bond acceptors (Lipinski definition) is 4. The van der Waals surface area contributed by atoms with Gasteiger partial charge in [0, 0.05) is 39.8 Å². The van der Waals surface area contributed by atoms with E-state index in [0.29, 0.717) is 36.7 Å². The van der Waals surface area contributed by atoms with Crippen LogP contribution in [0.25, 0.3) is 28.2 Å². The van der Waals surface area contributed by atoms with E-state index in [1.807, 2.05) is 18.2 Å². The molecular weight excluding hydrogens is 590 g/mol. The van der Waals surface area contributed by atoms with Gasteiger partial charge in [0.15, 0.2) is 0 Å². The lowest BCUT2D eigenvalue weighted by atomic mass is 9.81. The Kier molecular flexibility index (Phi) is 8.83. The van der Waals surface area contributed by atoms with Crippen LogP contribution >= 0.6 is 0 Å². The molecular formula is C39H41N3O5. The minimum atomic E-state index is -1.01. The minimum Gasteiger partial charge on any atom is -0.491 e. The number of carbonyl (C=O) groups is 3. The summed E-state index contributed by atoms with van der Waals surface area (Å²) < 4.78 is 8.56. The van der Waals surface area contributed by atoms with Crippen LogP contribution in [0.5, 0.6) is 5.75 Å². The van der Waals surface area contributed by atoms with Gasteiger partial charge in [0.05, 0.1) is 18.2 Å². The summed E-state index contributed by atoms with van der Waals surface area (Å²) in [5.74, 6) is -0.248. The van der Waals surface area contributed by atoms with Gasteiger partial charge in [0.2, 0.25) is 5.91 Å². The zero-order valence-electron chi connectivity index (χ0n) is 26.5. The molecule has 1 aliphatic heterocycles. The Balaban J connectivity index is 1.14. The second-order valence-corrected chi connectivity index (χ2v) is 13.1. The Morgan fingerprint density at radius 3 is 2.45 bits per heavy atom. The highest BCUT2D eigenvalue weighted by molar-refractivity contribution is 6.02. The fourth-order valence-corrected chi connectivity index (χ4v) is 7.83. The Bertz CT molecular complexity index is 1830. The van der Waals surface area contributed by atoms with Crippen LogP contribution in [-0.4, -0.2) is 40.1 Å². The quantitative estimate of drug-likeness (QED) is 0.181. The summed E-state index contributed by atoms with van der Waals surface area (Å²) in [4.78, 5) is 38.1. The first kappa shape index (κ1) is 30.8. The van der Waals surface area contributed by atoms with E-state index < -0.39 is 5.97 Å². The Morgan fingerprint density at radius 2 is 1.64 bits per heavy atom. The summed E-state index contributed by atoms with van der Waals surface area (Å²) in [6.07, 6.45) is 12.0. The van der Waals surface area contributed by atoms with Crippen LogP contribution in [0, 0.1) is 5.92 Å². The zero-order valence-corrected chi connectivity index (χ0v) is 26.5. The topological polar surface area (TPSA) is 110 Å². The van der Waals surface area contributed by atoms with E-state index in [1.54, 1.807) is 24.3 Å². The summed E-state index contributed by atoms with van der Waals surface area (Å²) in [7, 11) is 0. The first-order valence-corrected chi connectivity index (χ1v) is 17.0. The standard InChI is InChI=1S/C39H41N3O5/c43-35(44)21-16-25-14-18-28(19-15-25)40-39(46)29-10-4-6-12-32(29)41-38(45)27-17-20-30-33(24-27)42-22-23-47-34-13-7-5-11-31(34)37(42)36(30)26-8-2-1-3-9-26/h5,7,11,13-21,24,26,29,32H,1-4,6,8-10,12,22-23H2,(H,40,46)(H,41,45)(H,43,44)/b21-16+/t29-,32-/m1/s1. The van der Waals surface area contributed by atoms with Gasteiger partial charge >= 0.3 is 5.97 Å². The molecule has 0 saturated heterocycles. The number of benzene rings is 3. The number of nitrogens with zero attached hydrogens (tertiary/aromatic N) is 1. The Labute approximate surface area is 274 Å². The molecule has 7 rings (SSSR count). The third kappa shape index (κ3) is 6.42. The normalized spacial score (nSPS) is 19.7. The average molecular weight is 632 g/mol. The number of carboxylic acid groups (broad SMARTS) is 1. The number of fused-ring (bicyclic) bond motifs is 5. The van der Waals surface area contributed by atoms with Gasteiger partial charge in [-0.1, -0.05) is 62.4 Å². The summed E-state index contributed by atoms with van der Waals surface area (Å²) >= 11 is 0. The van der Waals surface area contributed by atoms with Gasteiger partial charge in [-0.2, -0.15) is 0 Å². The second kappa shape index (κ2) is 13.5. The third-order valence-corrected chi connectivity index (χ3v) is 10.1. The molecule has 3 aromatic carbocycles. The molecule has 0 bridgehead atoms. The molecule has 8 nitrogen and oxygen atoms in total. The molecule has 2 saturated carbocycles. The molecule has 2 fully saturated rings. The number of rotatable bonds is 7. The van der Waals surface area contributed by atoms with Crippen molar-refractivity contribution in [2.45, 2.75) is 76.3 Å². The van der Waals surface area contributed by atoms with E-state index in [2.05, 4.69) is 39.5 Å². The van der Waals surface area contributed by atoms with Crippen LogP contribution in [0.3, 0.4) is 0 Å². The molecule has 8 heteroatoms. The monoisotopic (exact) mass is 631 g/mol. The second-order valence-electron chi connectivity index (χ2n) is 13.1. The van der Waals surface area contributed by atoms with Crippen LogP contribution < -0.4 is 15.4 Å². The highest BCUT2D eigenvalue weighted by Gasteiger charge is 2.33. The van der Waals surface area contributed by atoms with Gasteiger partial charge in [-0.3, -0.25) is 9.59 Å². The highest BCUT2D eigenvalue weighted by atomic mass is 16.5. The Hall–Kier alpha value is -4.85. The van der Waals surface area contributed by atoms with E-state index in [1.165, 1.54) is 54.8 Å². The van der Waals surface area contributed by atoms with E-state index in [4.69, 9.17) is 9.84 Å². The van der Waals surface area contributed by atoms with E-state index in [9.17, 15) is 14.4 Å². The van der Waals surface area contributed by atoms with Crippen molar-refractivity contribution in [2.75, 3.05) is 11.9 Å². The lowest BCUT2D eigenvalue weighted by Crippen LogP contribution is -2.46. The molecule has 2 atom stereocenters. The maximum atomic E-state index is 13.8. The highest BCUT2D eigenvalue weighted by Crippen LogP contribution is 2.47. The van der Waals surface area contributed by atoms with Gasteiger partial charge in [-0.15, -0.1) is 0 Å². The van der Waals surface area contributed by atoms with Crippen molar-refractivity contribution in [1.29, 1.82) is 0 Å². The number of amides is 2. The fourth-order valence-electron chi connectivity index (χ4n) is 7.83. The molecule has 0 spiro atoms. The van der Waals surface area contributed by atoms with Gasteiger partial charge in [0.25, 0.3) is 5.91 Å². The first-order valence-electron chi connectivity index (χ1n) is 17.0. The van der Waals surface area contributed by atoms with Crippen molar-refractivity contribution in [1.82, 2.24) is 9.88 Å². The lowest BCUT2D eigenvalue weighted by molar-refractivity contribution is -0.131. The number of carbonyl (C=O) groups excluding carboxylic acids is 2. The number of anilines is 1. The molecule has 3 N–H and O–H groups in total. The van der Waals surface area contributed by atoms with Gasteiger partial charge in [-0.25, -0.2) is 4.79 Å². The molecule has 3 aliphatic rings. The molecule has 0 radical (unpaired) electrons. The summed E-state index contributed by atoms with van der Waals surface area (Å²) in [5.41, 5.74) is 6.76. The number of nitrogens with one attached hydrogen (secondary N) is 2. The smallest absolute Gasteiger partial charge is 0.328 e. The largest absolute Gasteiger partial charge is 0.491 e. The summed E-state index contributed by atoms with van der Waals surface area (Å²) in [6.45, 7) is 1.27. The minimum absolute atomic E-state index is 0.119. The molecule has 47 heavy (non-hydrogen) atoms. The SMILES string of the molecule is O=C(O)/C=C/c1ccc(NC(=O)[C@@H]2CCCC[C@H]2NC(=O)c2ccc3c(C4CCCCC4)c4n(c3c2)CCOc2ccccc2-4)cc1. The molecule has 2 aliphatic carbocycles. The first-order chi connectivity index (χ1) is 23.0. The lowest BCUT2D eigenvalue weighted by Gasteiger charge is -2.31. The van der Waals surface area contributed by atoms with Crippen LogP contribution in [-0.2, 0) is 16.1 Å². The maximum absolute atomic E-state index is 13.8. The number of hydrogen-bond donors (Lipinski definition) is 3. The van der Waals surface area contributed by atoms with Gasteiger partial charge in [0.1, 0.15) is 12.4 Å². The number of ether oxygens (including phenoxy) is 1. The zero-order chi connectivity index (χ0) is 32.3. The fraction of sp³-hybridized carbons (Fsp3) is 0.359. The van der Waals surface area contributed by atoms with E-state index in [-0.39, 0.29) is 23.8 Å². The molecule has 1 aromatic heterocycles. The average Bonchev–Trinajstić information content (AvgIpc) is 3.29. The van der Waals surface area contributed by atoms with E-state index >= 15 is 0 Å². The van der Waals surface area contributed by atoms with Crippen molar-refractivity contribution in [3.8, 4) is 17.0 Å². The predicted molar refractivity (Wildman–Crippen MR) is 184 cm³/mol. The van der Waals surface area contributed by atoms with Crippen LogP contribution in [0.2, 0.25) is 0 Å². The summed E-state index contributed by atoms with van der Waals surface area (Å²) in [6, 6.07) is 21.2. The van der Waals surface area contributed by atoms with Crippen molar-refractivity contribution >= 4 is 40.4 Å². The number of aliphatic carboxylic acids is 1. The number of carboxylic acids is 1. The summed E-state index contributed by atoms with van der Waals surface area (Å²) in [5, 5.41) is 16.3. The molecule has 4 aromatic rings. The predicted octanol–water partition coefficient (Wildman–Crippen LogP) is 7.77. The van der Waals surface area contributed by atoms with Crippen LogP contribution in [0.4, 0.5) is 5.69 Å². The van der Waals surface area contributed by atoms with Crippen LogP contribution in [0.15, 0.2) is 72.8 Å². The third-order valence-electron chi connectivity index (χ3n) is 10.1. The van der Waals surface area contributed by atoms with Crippen molar-refractivity contribution in [2.24, 2.45) is 5.92 Å². The van der Waals surface area contributed by atoms with Crippen molar-refractivity contribution in [3.63, 3.8) is 0 Å². The maximum Gasteiger partial charge on any atom is 0.328 e.